The predicted molar refractivity (Wildman–Crippen MR) is 73.4 cm³/mol. The van der Waals surface area contributed by atoms with Crippen molar-refractivity contribution in [3.8, 4) is 0 Å². The number of aromatic carboxylic acids is 1. The molecule has 1 fully saturated rings. The summed E-state index contributed by atoms with van der Waals surface area (Å²) >= 11 is 0. The molecule has 21 heavy (non-hydrogen) atoms. The molecule has 1 aliphatic rings. The van der Waals surface area contributed by atoms with Gasteiger partial charge in [-0.15, -0.1) is 0 Å². The molecule has 1 aliphatic heterocycles. The summed E-state index contributed by atoms with van der Waals surface area (Å²) in [7, 11) is -3.52. The lowest BCUT2D eigenvalue weighted by atomic mass is 10.1. The van der Waals surface area contributed by atoms with E-state index in [1.54, 1.807) is 0 Å². The number of carboxylic acids is 1. The Bertz CT molecular complexity index is 686. The molecule has 2 rings (SSSR count). The number of rotatable bonds is 3. The summed E-state index contributed by atoms with van der Waals surface area (Å²) in [5.41, 5.74) is -0.536. The highest BCUT2D eigenvalue weighted by molar-refractivity contribution is 7.92. The second-order valence-electron chi connectivity index (χ2n) is 4.84. The van der Waals surface area contributed by atoms with Crippen LogP contribution in [-0.2, 0) is 14.6 Å². The second kappa shape index (κ2) is 5.80. The highest BCUT2D eigenvalue weighted by atomic mass is 32.2. The lowest BCUT2D eigenvalue weighted by Crippen LogP contribution is -2.39. The van der Waals surface area contributed by atoms with Gasteiger partial charge in [-0.2, -0.15) is 0 Å². The van der Waals surface area contributed by atoms with Crippen LogP contribution in [0.15, 0.2) is 18.2 Å². The van der Waals surface area contributed by atoms with Crippen LogP contribution in [0, 0.1) is 5.82 Å². The third-order valence-electron chi connectivity index (χ3n) is 3.34. The van der Waals surface area contributed by atoms with E-state index in [4.69, 9.17) is 5.11 Å². The fraction of sp³-hybridized carbons (Fsp3) is 0.385. The maximum Gasteiger partial charge on any atom is 0.337 e. The molecule has 0 bridgehead atoms. The number of amides is 1. The number of hydrogen-bond acceptors (Lipinski definition) is 4. The highest BCUT2D eigenvalue weighted by Crippen LogP contribution is 2.23. The van der Waals surface area contributed by atoms with E-state index >= 15 is 0 Å². The molecule has 1 aromatic rings. The van der Waals surface area contributed by atoms with Crippen LogP contribution in [0.4, 0.5) is 10.1 Å². The van der Waals surface area contributed by atoms with Gasteiger partial charge in [0.25, 0.3) is 0 Å². The molecule has 8 heteroatoms. The second-order valence-corrected chi connectivity index (χ2v) is 7.14. The third-order valence-corrected chi connectivity index (χ3v) is 5.52. The standard InChI is InChI=1S/C13H14FNO5S/c14-8-4-5-10(9(7-8)13(17)18)15-12(16)11-3-1-2-6-21(11,19)20/h4-5,7,11H,1-3,6H2,(H,15,16)(H,17,18). The molecule has 0 spiro atoms. The smallest absolute Gasteiger partial charge is 0.337 e. The van der Waals surface area contributed by atoms with E-state index in [0.29, 0.717) is 12.8 Å². The Hall–Kier alpha value is -1.96. The summed E-state index contributed by atoms with van der Waals surface area (Å²) in [6.45, 7) is 0. The SMILES string of the molecule is O=C(O)c1cc(F)ccc1NC(=O)C1CCCCS1(=O)=O. The van der Waals surface area contributed by atoms with Crippen LogP contribution in [0.2, 0.25) is 0 Å². The Labute approximate surface area is 120 Å². The van der Waals surface area contributed by atoms with Gasteiger partial charge in [-0.25, -0.2) is 17.6 Å². The van der Waals surface area contributed by atoms with Crippen molar-refractivity contribution in [2.75, 3.05) is 11.1 Å². The van der Waals surface area contributed by atoms with E-state index in [-0.39, 0.29) is 17.9 Å². The van der Waals surface area contributed by atoms with Crippen molar-refractivity contribution in [3.05, 3.63) is 29.6 Å². The zero-order chi connectivity index (χ0) is 15.6. The first-order valence-corrected chi connectivity index (χ1v) is 8.08. The van der Waals surface area contributed by atoms with Gasteiger partial charge < -0.3 is 10.4 Å². The van der Waals surface area contributed by atoms with Crippen molar-refractivity contribution >= 4 is 27.4 Å². The molecule has 0 saturated carbocycles. The van der Waals surface area contributed by atoms with Gasteiger partial charge in [0.2, 0.25) is 5.91 Å². The van der Waals surface area contributed by atoms with Crippen molar-refractivity contribution < 1.29 is 27.5 Å². The summed E-state index contributed by atoms with van der Waals surface area (Å²) in [6, 6.07) is 2.87. The lowest BCUT2D eigenvalue weighted by molar-refractivity contribution is -0.116. The minimum absolute atomic E-state index is 0.0553. The zero-order valence-electron chi connectivity index (χ0n) is 11.0. The number of benzene rings is 1. The molecule has 114 valence electrons. The summed E-state index contributed by atoms with van der Waals surface area (Å²) in [4.78, 5) is 23.1. The molecule has 1 amide bonds. The van der Waals surface area contributed by atoms with Crippen molar-refractivity contribution in [3.63, 3.8) is 0 Å². The molecule has 6 nitrogen and oxygen atoms in total. The number of carboxylic acid groups (broad SMARTS) is 1. The Morgan fingerprint density at radius 3 is 2.62 bits per heavy atom. The average molecular weight is 315 g/mol. The minimum atomic E-state index is -3.52. The van der Waals surface area contributed by atoms with E-state index in [9.17, 15) is 22.4 Å². The van der Waals surface area contributed by atoms with Gasteiger partial charge in [-0.3, -0.25) is 4.79 Å². The van der Waals surface area contributed by atoms with Crippen LogP contribution in [-0.4, -0.2) is 36.4 Å². The molecule has 1 unspecified atom stereocenters. The normalized spacial score (nSPS) is 20.7. The molecule has 1 atom stereocenters. The average Bonchev–Trinajstić information content (AvgIpc) is 2.39. The van der Waals surface area contributed by atoms with Crippen molar-refractivity contribution in [2.45, 2.75) is 24.5 Å². The fourth-order valence-corrected chi connectivity index (χ4v) is 4.07. The monoisotopic (exact) mass is 315 g/mol. The van der Waals surface area contributed by atoms with Crippen LogP contribution in [0.25, 0.3) is 0 Å². The highest BCUT2D eigenvalue weighted by Gasteiger charge is 2.35. The van der Waals surface area contributed by atoms with Gasteiger partial charge in [0.05, 0.1) is 17.0 Å². The number of sulfone groups is 1. The van der Waals surface area contributed by atoms with Crippen LogP contribution in [0.3, 0.4) is 0 Å². The number of carbonyl (C=O) groups is 2. The summed E-state index contributed by atoms with van der Waals surface area (Å²) in [5.74, 6) is -2.99. The van der Waals surface area contributed by atoms with Crippen LogP contribution in [0.1, 0.15) is 29.6 Å². The molecule has 1 heterocycles. The largest absolute Gasteiger partial charge is 0.478 e. The quantitative estimate of drug-likeness (QED) is 0.879. The topological polar surface area (TPSA) is 101 Å². The van der Waals surface area contributed by atoms with E-state index < -0.39 is 38.3 Å². The Balaban J connectivity index is 2.26. The molecular formula is C13H14FNO5S. The number of halogens is 1. The maximum absolute atomic E-state index is 13.1. The van der Waals surface area contributed by atoms with Crippen molar-refractivity contribution in [1.29, 1.82) is 0 Å². The van der Waals surface area contributed by atoms with E-state index in [0.717, 1.165) is 18.2 Å². The Morgan fingerprint density at radius 1 is 1.29 bits per heavy atom. The van der Waals surface area contributed by atoms with Gasteiger partial charge in [-0.05, 0) is 31.0 Å². The molecule has 1 aromatic carbocycles. The lowest BCUT2D eigenvalue weighted by Gasteiger charge is -2.21. The number of anilines is 1. The van der Waals surface area contributed by atoms with E-state index in [1.807, 2.05) is 0 Å². The summed E-state index contributed by atoms with van der Waals surface area (Å²) in [5, 5.41) is 10.1. The zero-order valence-corrected chi connectivity index (χ0v) is 11.8. The molecule has 0 aromatic heterocycles. The summed E-state index contributed by atoms with van der Waals surface area (Å²) < 4.78 is 36.7. The van der Waals surface area contributed by atoms with Crippen molar-refractivity contribution in [1.82, 2.24) is 0 Å². The minimum Gasteiger partial charge on any atom is -0.478 e. The third kappa shape index (κ3) is 3.38. The predicted octanol–water partition coefficient (Wildman–Crippen LogP) is 1.43. The number of carbonyl (C=O) groups excluding carboxylic acids is 1. The fourth-order valence-electron chi connectivity index (χ4n) is 2.26. The first kappa shape index (κ1) is 15.4. The summed E-state index contributed by atoms with van der Waals surface area (Å²) in [6.07, 6.45) is 1.34. The van der Waals surface area contributed by atoms with Gasteiger partial charge in [0, 0.05) is 0 Å². The Kier molecular flexibility index (Phi) is 4.26. The number of hydrogen-bond donors (Lipinski definition) is 2. The van der Waals surface area contributed by atoms with Crippen LogP contribution in [0.5, 0.6) is 0 Å². The van der Waals surface area contributed by atoms with Gasteiger partial charge in [0.1, 0.15) is 11.1 Å². The first-order valence-electron chi connectivity index (χ1n) is 6.36. The Morgan fingerprint density at radius 2 is 2.00 bits per heavy atom. The molecule has 0 aliphatic carbocycles. The first-order chi connectivity index (χ1) is 9.81. The van der Waals surface area contributed by atoms with Crippen LogP contribution < -0.4 is 5.32 Å². The van der Waals surface area contributed by atoms with Crippen molar-refractivity contribution in [2.24, 2.45) is 0 Å². The molecular weight excluding hydrogens is 301 g/mol. The van der Waals surface area contributed by atoms with Gasteiger partial charge >= 0.3 is 5.97 Å². The van der Waals surface area contributed by atoms with Gasteiger partial charge in [0.15, 0.2) is 9.84 Å². The van der Waals surface area contributed by atoms with E-state index in [1.165, 1.54) is 0 Å². The van der Waals surface area contributed by atoms with Gasteiger partial charge in [-0.1, -0.05) is 6.42 Å². The maximum atomic E-state index is 13.1. The van der Waals surface area contributed by atoms with Crippen LogP contribution >= 0.6 is 0 Å². The number of nitrogens with one attached hydrogen (secondary N) is 1. The molecule has 0 radical (unpaired) electrons. The molecule has 1 saturated heterocycles. The van der Waals surface area contributed by atoms with E-state index in [2.05, 4.69) is 5.32 Å². The molecule has 2 N–H and O–H groups in total.